The fraction of sp³-hybridized carbons (Fsp3) is 0.714. The molecule has 22 heavy (non-hydrogen) atoms. The molecule has 0 fully saturated rings. The van der Waals surface area contributed by atoms with Crippen LogP contribution in [0.15, 0.2) is 11.6 Å². The number of hydrogen-bond acceptors (Lipinski definition) is 3. The molecule has 0 aliphatic carbocycles. The van der Waals surface area contributed by atoms with Crippen LogP contribution in [0.3, 0.4) is 0 Å². The number of halogens is 3. The van der Waals surface area contributed by atoms with Gasteiger partial charge in [0.2, 0.25) is 0 Å². The average molecular weight is 322 g/mol. The highest BCUT2D eigenvalue weighted by molar-refractivity contribution is 5.90. The van der Waals surface area contributed by atoms with Crippen LogP contribution in [-0.4, -0.2) is 49.3 Å². The van der Waals surface area contributed by atoms with Gasteiger partial charge in [-0.05, 0) is 12.3 Å². The minimum atomic E-state index is -4.51. The van der Waals surface area contributed by atoms with E-state index in [9.17, 15) is 22.8 Å². The van der Waals surface area contributed by atoms with E-state index in [0.29, 0.717) is 6.42 Å². The molecule has 126 valence electrons. The highest BCUT2D eigenvalue weighted by atomic mass is 19.4. The summed E-state index contributed by atoms with van der Waals surface area (Å²) in [5, 5.41) is 2.04. The molecule has 0 radical (unpaired) electrons. The van der Waals surface area contributed by atoms with Crippen LogP contribution in [-0.2, 0) is 9.53 Å². The van der Waals surface area contributed by atoms with Gasteiger partial charge < -0.3 is 15.0 Å². The molecule has 1 heterocycles. The first kappa shape index (κ1) is 18.3. The summed E-state index contributed by atoms with van der Waals surface area (Å²) in [5.41, 5.74) is 0.274. The first-order valence-corrected chi connectivity index (χ1v) is 7.10. The highest BCUT2D eigenvalue weighted by Gasteiger charge is 2.44. The fourth-order valence-electron chi connectivity index (χ4n) is 2.20. The lowest BCUT2D eigenvalue weighted by molar-refractivity contribution is -0.164. The minimum absolute atomic E-state index is 0.0520. The van der Waals surface area contributed by atoms with Crippen molar-refractivity contribution in [3.8, 4) is 0 Å². The number of carbonyl (C=O) groups excluding carboxylic acids is 2. The number of methoxy groups -OCH3 is 1. The Morgan fingerprint density at radius 3 is 2.59 bits per heavy atom. The van der Waals surface area contributed by atoms with Gasteiger partial charge in [0.05, 0.1) is 19.2 Å². The lowest BCUT2D eigenvalue weighted by Gasteiger charge is -2.31. The van der Waals surface area contributed by atoms with E-state index in [2.05, 4.69) is 4.74 Å². The largest absolute Gasteiger partial charge is 0.466 e. The Kier molecular flexibility index (Phi) is 6.25. The predicted molar refractivity (Wildman–Crippen MR) is 74.1 cm³/mol. The van der Waals surface area contributed by atoms with Crippen LogP contribution in [0.1, 0.15) is 26.7 Å². The van der Waals surface area contributed by atoms with Crippen molar-refractivity contribution in [3.05, 3.63) is 11.6 Å². The van der Waals surface area contributed by atoms with Crippen LogP contribution < -0.4 is 5.32 Å². The van der Waals surface area contributed by atoms with Crippen LogP contribution >= 0.6 is 0 Å². The second-order valence-corrected chi connectivity index (χ2v) is 5.29. The van der Waals surface area contributed by atoms with Crippen LogP contribution in [0, 0.1) is 5.92 Å². The summed E-state index contributed by atoms with van der Waals surface area (Å²) in [6, 6.07) is -2.73. The van der Waals surface area contributed by atoms with Crippen molar-refractivity contribution in [2.75, 3.05) is 20.2 Å². The molecule has 8 heteroatoms. The molecule has 1 rings (SSSR count). The summed E-state index contributed by atoms with van der Waals surface area (Å²) in [6.45, 7) is 3.28. The van der Waals surface area contributed by atoms with E-state index in [-0.39, 0.29) is 25.1 Å². The lowest BCUT2D eigenvalue weighted by atomic mass is 9.99. The molecule has 0 spiro atoms. The van der Waals surface area contributed by atoms with Gasteiger partial charge in [0.1, 0.15) is 6.04 Å². The summed E-state index contributed by atoms with van der Waals surface area (Å²) in [6.07, 6.45) is -2.19. The number of rotatable bonds is 4. The summed E-state index contributed by atoms with van der Waals surface area (Å²) in [7, 11) is 1.21. The smallest absolute Gasteiger partial charge is 0.408 e. The zero-order chi connectivity index (χ0) is 16.9. The first-order valence-electron chi connectivity index (χ1n) is 7.10. The van der Waals surface area contributed by atoms with Gasteiger partial charge in [0.25, 0.3) is 0 Å². The molecule has 0 aromatic rings. The molecular weight excluding hydrogens is 301 g/mol. The van der Waals surface area contributed by atoms with E-state index in [0.717, 1.165) is 0 Å². The number of hydrogen-bond donors (Lipinski definition) is 1. The van der Waals surface area contributed by atoms with Gasteiger partial charge in [0, 0.05) is 6.54 Å². The van der Waals surface area contributed by atoms with E-state index < -0.39 is 30.1 Å². The Morgan fingerprint density at radius 2 is 2.09 bits per heavy atom. The standard InChI is InChI=1S/C14H21F3N2O3/c1-4-9(2)11(14(15,16)17)18-13(21)19-7-5-6-10(8-19)12(20)22-3/h6,9,11H,4-5,7-8H2,1-3H3,(H,18,21)/t9-,11+/m1/s1. The van der Waals surface area contributed by atoms with Gasteiger partial charge in [-0.3, -0.25) is 0 Å². The number of alkyl halides is 3. The van der Waals surface area contributed by atoms with Crippen LogP contribution in [0.4, 0.5) is 18.0 Å². The molecule has 0 bridgehead atoms. The van der Waals surface area contributed by atoms with Gasteiger partial charge in [-0.2, -0.15) is 13.2 Å². The maximum atomic E-state index is 13.0. The molecule has 0 aromatic heterocycles. The Morgan fingerprint density at radius 1 is 1.45 bits per heavy atom. The monoisotopic (exact) mass is 322 g/mol. The summed E-state index contributed by atoms with van der Waals surface area (Å²) in [5.74, 6) is -1.31. The number of ether oxygens (including phenoxy) is 1. The summed E-state index contributed by atoms with van der Waals surface area (Å²) >= 11 is 0. The number of esters is 1. The maximum Gasteiger partial charge on any atom is 0.408 e. The van der Waals surface area contributed by atoms with E-state index in [1.807, 2.05) is 5.32 Å². The Balaban J connectivity index is 2.75. The van der Waals surface area contributed by atoms with Crippen molar-refractivity contribution >= 4 is 12.0 Å². The van der Waals surface area contributed by atoms with Gasteiger partial charge >= 0.3 is 18.2 Å². The molecule has 1 aliphatic rings. The second-order valence-electron chi connectivity index (χ2n) is 5.29. The van der Waals surface area contributed by atoms with Crippen molar-refractivity contribution < 1.29 is 27.5 Å². The molecule has 2 amide bonds. The maximum absolute atomic E-state index is 13.0. The van der Waals surface area contributed by atoms with Gasteiger partial charge in [-0.1, -0.05) is 26.3 Å². The third-order valence-corrected chi connectivity index (χ3v) is 3.73. The van der Waals surface area contributed by atoms with E-state index in [1.165, 1.54) is 18.9 Å². The van der Waals surface area contributed by atoms with Crippen LogP contribution in [0.5, 0.6) is 0 Å². The molecule has 0 aromatic carbocycles. The highest BCUT2D eigenvalue weighted by Crippen LogP contribution is 2.27. The molecule has 0 saturated carbocycles. The quantitative estimate of drug-likeness (QED) is 0.809. The normalized spacial score (nSPS) is 18.3. The van der Waals surface area contributed by atoms with Crippen molar-refractivity contribution in [1.29, 1.82) is 0 Å². The van der Waals surface area contributed by atoms with Crippen molar-refractivity contribution in [3.63, 3.8) is 0 Å². The zero-order valence-corrected chi connectivity index (χ0v) is 12.9. The summed E-state index contributed by atoms with van der Waals surface area (Å²) < 4.78 is 43.6. The van der Waals surface area contributed by atoms with Crippen molar-refractivity contribution in [2.24, 2.45) is 5.92 Å². The number of amides is 2. The fourth-order valence-corrected chi connectivity index (χ4v) is 2.20. The molecular formula is C14H21F3N2O3. The Bertz CT molecular complexity index is 449. The first-order chi connectivity index (χ1) is 10.2. The Hall–Kier alpha value is -1.73. The number of carbonyl (C=O) groups is 2. The second kappa shape index (κ2) is 7.51. The third-order valence-electron chi connectivity index (χ3n) is 3.73. The molecule has 2 atom stereocenters. The molecule has 5 nitrogen and oxygen atoms in total. The van der Waals surface area contributed by atoms with E-state index in [4.69, 9.17) is 0 Å². The molecule has 0 unspecified atom stereocenters. The molecule has 0 saturated heterocycles. The SMILES string of the molecule is CC[C@@H](C)[C@H](NC(=O)N1CCC=C(C(=O)OC)C1)C(F)(F)F. The van der Waals surface area contributed by atoms with Crippen LogP contribution in [0.2, 0.25) is 0 Å². The number of nitrogens with one attached hydrogen (secondary N) is 1. The molecule has 1 aliphatic heterocycles. The number of nitrogens with zero attached hydrogens (tertiary/aromatic N) is 1. The van der Waals surface area contributed by atoms with Crippen LogP contribution in [0.25, 0.3) is 0 Å². The lowest BCUT2D eigenvalue weighted by Crippen LogP contribution is -2.54. The van der Waals surface area contributed by atoms with Gasteiger partial charge in [0.15, 0.2) is 0 Å². The van der Waals surface area contributed by atoms with Gasteiger partial charge in [-0.15, -0.1) is 0 Å². The number of urea groups is 1. The predicted octanol–water partition coefficient (Wildman–Crippen LogP) is 2.48. The summed E-state index contributed by atoms with van der Waals surface area (Å²) in [4.78, 5) is 24.7. The zero-order valence-electron chi connectivity index (χ0n) is 12.9. The van der Waals surface area contributed by atoms with E-state index >= 15 is 0 Å². The van der Waals surface area contributed by atoms with Gasteiger partial charge in [-0.25, -0.2) is 9.59 Å². The third kappa shape index (κ3) is 4.64. The molecule has 1 N–H and O–H groups in total. The topological polar surface area (TPSA) is 58.6 Å². The van der Waals surface area contributed by atoms with Crippen molar-refractivity contribution in [1.82, 2.24) is 10.2 Å². The van der Waals surface area contributed by atoms with E-state index in [1.54, 1.807) is 13.0 Å². The Labute approximate surface area is 127 Å². The minimum Gasteiger partial charge on any atom is -0.466 e. The average Bonchev–Trinajstić information content (AvgIpc) is 2.49. The van der Waals surface area contributed by atoms with Crippen molar-refractivity contribution in [2.45, 2.75) is 38.9 Å².